The summed E-state index contributed by atoms with van der Waals surface area (Å²) >= 11 is 0. The maximum absolute atomic E-state index is 12.1. The van der Waals surface area contributed by atoms with Crippen LogP contribution in [0, 0.1) is 6.92 Å². The van der Waals surface area contributed by atoms with Crippen molar-refractivity contribution in [1.82, 2.24) is 20.3 Å². The van der Waals surface area contributed by atoms with Gasteiger partial charge in [-0.3, -0.25) is 9.69 Å². The van der Waals surface area contributed by atoms with Crippen LogP contribution in [0.2, 0.25) is 0 Å². The van der Waals surface area contributed by atoms with E-state index in [2.05, 4.69) is 15.4 Å². The molecular formula is C13H22N4O2. The van der Waals surface area contributed by atoms with Crippen molar-refractivity contribution in [2.24, 2.45) is 0 Å². The number of hydrogen-bond donors (Lipinski definition) is 1. The second-order valence-corrected chi connectivity index (χ2v) is 5.06. The van der Waals surface area contributed by atoms with Gasteiger partial charge in [0.25, 0.3) is 0 Å². The van der Waals surface area contributed by atoms with Crippen molar-refractivity contribution in [1.29, 1.82) is 0 Å². The van der Waals surface area contributed by atoms with Gasteiger partial charge in [-0.2, -0.15) is 0 Å². The molecule has 6 nitrogen and oxygen atoms in total. The van der Waals surface area contributed by atoms with E-state index in [1.165, 1.54) is 0 Å². The molecule has 0 spiro atoms. The summed E-state index contributed by atoms with van der Waals surface area (Å²) in [4.78, 5) is 16.0. The summed E-state index contributed by atoms with van der Waals surface area (Å²) in [5.41, 5.74) is 0.797. The van der Waals surface area contributed by atoms with E-state index < -0.39 is 0 Å². The Kier molecular flexibility index (Phi) is 4.93. The zero-order valence-corrected chi connectivity index (χ0v) is 11.7. The van der Waals surface area contributed by atoms with E-state index >= 15 is 0 Å². The third kappa shape index (κ3) is 4.33. The van der Waals surface area contributed by atoms with Crippen molar-refractivity contribution in [3.63, 3.8) is 0 Å². The first-order valence-electron chi connectivity index (χ1n) is 6.74. The summed E-state index contributed by atoms with van der Waals surface area (Å²) in [6, 6.07) is 1.86. The molecule has 0 atom stereocenters. The van der Waals surface area contributed by atoms with Crippen LogP contribution in [-0.2, 0) is 11.3 Å². The fourth-order valence-corrected chi connectivity index (χ4v) is 2.20. The van der Waals surface area contributed by atoms with Crippen molar-refractivity contribution in [2.45, 2.75) is 19.9 Å². The lowest BCUT2D eigenvalue weighted by Gasteiger charge is -2.22. The minimum absolute atomic E-state index is 0.127. The van der Waals surface area contributed by atoms with E-state index in [-0.39, 0.29) is 5.91 Å². The molecule has 2 rings (SSSR count). The molecule has 1 aromatic rings. The topological polar surface area (TPSA) is 61.6 Å². The Morgan fingerprint density at radius 1 is 1.53 bits per heavy atom. The minimum atomic E-state index is 0.127. The summed E-state index contributed by atoms with van der Waals surface area (Å²) in [6.07, 6.45) is 1.10. The standard InChI is InChI=1S/C13H22N4O2/c1-11-8-12(15-19-11)9-16(2)13(18)10-17-6-3-4-14-5-7-17/h8,14H,3-7,9-10H2,1-2H3. The maximum Gasteiger partial charge on any atom is 0.236 e. The number of hydrogen-bond acceptors (Lipinski definition) is 5. The Bertz CT molecular complexity index is 411. The fraction of sp³-hybridized carbons (Fsp3) is 0.692. The third-order valence-electron chi connectivity index (χ3n) is 3.29. The van der Waals surface area contributed by atoms with Crippen LogP contribution in [0.5, 0.6) is 0 Å². The first-order valence-corrected chi connectivity index (χ1v) is 6.74. The Morgan fingerprint density at radius 3 is 3.11 bits per heavy atom. The molecule has 0 radical (unpaired) electrons. The highest BCUT2D eigenvalue weighted by molar-refractivity contribution is 5.77. The number of amides is 1. The zero-order valence-electron chi connectivity index (χ0n) is 11.7. The van der Waals surface area contributed by atoms with Gasteiger partial charge in [-0.25, -0.2) is 0 Å². The molecule has 0 bridgehead atoms. The van der Waals surface area contributed by atoms with Crippen molar-refractivity contribution in [3.05, 3.63) is 17.5 Å². The lowest BCUT2D eigenvalue weighted by atomic mass is 10.3. The Hall–Kier alpha value is -1.40. The molecule has 1 aromatic heterocycles. The van der Waals surface area contributed by atoms with Crippen LogP contribution in [-0.4, -0.2) is 60.6 Å². The number of carbonyl (C=O) groups is 1. The lowest BCUT2D eigenvalue weighted by Crippen LogP contribution is -2.39. The van der Waals surface area contributed by atoms with Gasteiger partial charge >= 0.3 is 0 Å². The molecule has 0 saturated carbocycles. The van der Waals surface area contributed by atoms with Crippen LogP contribution in [0.1, 0.15) is 17.9 Å². The van der Waals surface area contributed by atoms with E-state index in [4.69, 9.17) is 4.52 Å². The maximum atomic E-state index is 12.1. The highest BCUT2D eigenvalue weighted by Gasteiger charge is 2.16. The van der Waals surface area contributed by atoms with E-state index in [0.29, 0.717) is 13.1 Å². The molecule has 1 fully saturated rings. The first-order chi connectivity index (χ1) is 9.15. The number of aromatic nitrogens is 1. The van der Waals surface area contributed by atoms with Gasteiger partial charge in [0.15, 0.2) is 0 Å². The van der Waals surface area contributed by atoms with Crippen LogP contribution in [0.4, 0.5) is 0 Å². The predicted molar refractivity (Wildman–Crippen MR) is 71.6 cm³/mol. The fourth-order valence-electron chi connectivity index (χ4n) is 2.20. The summed E-state index contributed by atoms with van der Waals surface area (Å²) < 4.78 is 5.00. The zero-order chi connectivity index (χ0) is 13.7. The van der Waals surface area contributed by atoms with Gasteiger partial charge in [0, 0.05) is 26.2 Å². The summed E-state index contributed by atoms with van der Waals surface area (Å²) in [6.45, 7) is 6.75. The van der Waals surface area contributed by atoms with Crippen LogP contribution >= 0.6 is 0 Å². The molecule has 0 unspecified atom stereocenters. The van der Waals surface area contributed by atoms with Crippen LogP contribution in [0.3, 0.4) is 0 Å². The second-order valence-electron chi connectivity index (χ2n) is 5.06. The smallest absolute Gasteiger partial charge is 0.236 e. The summed E-state index contributed by atoms with van der Waals surface area (Å²) in [7, 11) is 1.81. The van der Waals surface area contributed by atoms with Gasteiger partial charge in [0.2, 0.25) is 5.91 Å². The van der Waals surface area contributed by atoms with E-state index in [9.17, 15) is 4.79 Å². The summed E-state index contributed by atoms with van der Waals surface area (Å²) in [5.74, 6) is 0.900. The Labute approximate surface area is 113 Å². The number of nitrogens with one attached hydrogen (secondary N) is 1. The minimum Gasteiger partial charge on any atom is -0.361 e. The Morgan fingerprint density at radius 2 is 2.37 bits per heavy atom. The van der Waals surface area contributed by atoms with Gasteiger partial charge < -0.3 is 14.7 Å². The van der Waals surface area contributed by atoms with Crippen molar-refractivity contribution in [2.75, 3.05) is 39.8 Å². The Balaban J connectivity index is 1.81. The van der Waals surface area contributed by atoms with Crippen molar-refractivity contribution < 1.29 is 9.32 Å². The molecule has 0 aliphatic carbocycles. The normalized spacial score (nSPS) is 17.2. The van der Waals surface area contributed by atoms with Gasteiger partial charge in [0.1, 0.15) is 11.5 Å². The van der Waals surface area contributed by atoms with Crippen molar-refractivity contribution >= 4 is 5.91 Å². The molecule has 19 heavy (non-hydrogen) atoms. The molecule has 1 aliphatic rings. The lowest BCUT2D eigenvalue weighted by molar-refractivity contribution is -0.131. The third-order valence-corrected chi connectivity index (χ3v) is 3.29. The molecule has 106 valence electrons. The largest absolute Gasteiger partial charge is 0.361 e. The predicted octanol–water partition coefficient (Wildman–Crippen LogP) is 0.237. The second kappa shape index (κ2) is 6.68. The number of carbonyl (C=O) groups excluding carboxylic acids is 1. The van der Waals surface area contributed by atoms with E-state index in [1.807, 2.05) is 20.0 Å². The average Bonchev–Trinajstić information content (AvgIpc) is 2.64. The van der Waals surface area contributed by atoms with Gasteiger partial charge in [-0.05, 0) is 26.4 Å². The average molecular weight is 266 g/mol. The highest BCUT2D eigenvalue weighted by atomic mass is 16.5. The molecule has 1 aliphatic heterocycles. The molecule has 2 heterocycles. The number of likely N-dealkylation sites (N-methyl/N-ethyl adjacent to an activating group) is 1. The quantitative estimate of drug-likeness (QED) is 0.845. The van der Waals surface area contributed by atoms with Crippen molar-refractivity contribution in [3.8, 4) is 0 Å². The summed E-state index contributed by atoms with van der Waals surface area (Å²) in [5, 5.41) is 7.24. The molecule has 1 saturated heterocycles. The molecule has 6 heteroatoms. The molecular weight excluding hydrogens is 244 g/mol. The number of rotatable bonds is 4. The highest BCUT2D eigenvalue weighted by Crippen LogP contribution is 2.05. The molecule has 1 amide bonds. The first kappa shape index (κ1) is 14.0. The van der Waals surface area contributed by atoms with Crippen LogP contribution in [0.15, 0.2) is 10.6 Å². The van der Waals surface area contributed by atoms with E-state index in [0.717, 1.165) is 44.1 Å². The molecule has 0 aromatic carbocycles. The molecule has 1 N–H and O–H groups in total. The number of nitrogens with zero attached hydrogens (tertiary/aromatic N) is 3. The number of aryl methyl sites for hydroxylation is 1. The van der Waals surface area contributed by atoms with Gasteiger partial charge in [0.05, 0.1) is 13.1 Å². The van der Waals surface area contributed by atoms with Crippen LogP contribution in [0.25, 0.3) is 0 Å². The SMILES string of the molecule is Cc1cc(CN(C)C(=O)CN2CCCNCC2)no1. The monoisotopic (exact) mass is 266 g/mol. The van der Waals surface area contributed by atoms with Gasteiger partial charge in [-0.15, -0.1) is 0 Å². The van der Waals surface area contributed by atoms with Crippen LogP contribution < -0.4 is 5.32 Å². The van der Waals surface area contributed by atoms with E-state index in [1.54, 1.807) is 4.90 Å². The van der Waals surface area contributed by atoms with Gasteiger partial charge in [-0.1, -0.05) is 5.16 Å².